The molecule has 0 saturated heterocycles. The summed E-state index contributed by atoms with van der Waals surface area (Å²) < 4.78 is 10.2. The first-order valence-corrected chi connectivity index (χ1v) is 6.79. The molecule has 1 aromatic heterocycles. The van der Waals surface area contributed by atoms with Crippen molar-refractivity contribution in [2.45, 2.75) is 0 Å². The fourth-order valence-corrected chi connectivity index (χ4v) is 2.65. The van der Waals surface area contributed by atoms with Crippen LogP contribution in [0.2, 0.25) is 0 Å². The van der Waals surface area contributed by atoms with Crippen molar-refractivity contribution in [2.24, 2.45) is 0 Å². The van der Waals surface area contributed by atoms with E-state index >= 15 is 0 Å². The van der Waals surface area contributed by atoms with Crippen LogP contribution in [0.4, 0.5) is 10.7 Å². The Morgan fingerprint density at radius 1 is 1.37 bits per heavy atom. The molecule has 7 heteroatoms. The van der Waals surface area contributed by atoms with Crippen molar-refractivity contribution >= 4 is 27.9 Å². The van der Waals surface area contributed by atoms with Gasteiger partial charge < -0.3 is 25.4 Å². The highest BCUT2D eigenvalue weighted by atomic mass is 32.1. The molecule has 0 fully saturated rings. The quantitative estimate of drug-likeness (QED) is 0.739. The van der Waals surface area contributed by atoms with Gasteiger partial charge >= 0.3 is 0 Å². The summed E-state index contributed by atoms with van der Waals surface area (Å²) in [6, 6.07) is 1.82. The smallest absolute Gasteiger partial charge is 0.263 e. The van der Waals surface area contributed by atoms with Crippen molar-refractivity contribution in [3.8, 4) is 0 Å². The van der Waals surface area contributed by atoms with E-state index in [-0.39, 0.29) is 5.91 Å². The van der Waals surface area contributed by atoms with Crippen LogP contribution in [0.15, 0.2) is 6.07 Å². The third kappa shape index (κ3) is 4.38. The molecule has 0 aliphatic rings. The van der Waals surface area contributed by atoms with Gasteiger partial charge in [-0.2, -0.15) is 0 Å². The average molecular weight is 287 g/mol. The molecule has 1 heterocycles. The zero-order valence-electron chi connectivity index (χ0n) is 11.6. The summed E-state index contributed by atoms with van der Waals surface area (Å²) in [7, 11) is 4.91. The lowest BCUT2D eigenvalue weighted by Crippen LogP contribution is -2.29. The zero-order chi connectivity index (χ0) is 14.3. The van der Waals surface area contributed by atoms with Crippen molar-refractivity contribution < 1.29 is 14.3 Å². The average Bonchev–Trinajstić information content (AvgIpc) is 2.80. The molecule has 1 aromatic rings. The first-order valence-electron chi connectivity index (χ1n) is 5.98. The number of rotatable bonds is 8. The molecule has 0 unspecified atom stereocenters. The highest BCUT2D eigenvalue weighted by Crippen LogP contribution is 2.32. The van der Waals surface area contributed by atoms with Crippen molar-refractivity contribution in [1.82, 2.24) is 5.32 Å². The fourth-order valence-electron chi connectivity index (χ4n) is 1.57. The normalized spacial score (nSPS) is 10.5. The standard InChI is InChI=1S/C12H21N3O3S/c1-14-12(16)11-9(13)8-10(19-11)15(4-6-17-2)5-7-18-3/h8H,4-7,13H2,1-3H3,(H,14,16). The van der Waals surface area contributed by atoms with Crippen LogP contribution in [0.3, 0.4) is 0 Å². The number of hydrogen-bond acceptors (Lipinski definition) is 6. The molecule has 1 rings (SSSR count). The minimum atomic E-state index is -0.160. The number of amides is 1. The molecule has 19 heavy (non-hydrogen) atoms. The van der Waals surface area contributed by atoms with Crippen LogP contribution < -0.4 is 16.0 Å². The number of nitrogen functional groups attached to an aromatic ring is 1. The zero-order valence-corrected chi connectivity index (χ0v) is 12.4. The molecule has 0 bridgehead atoms. The maximum absolute atomic E-state index is 11.6. The predicted molar refractivity (Wildman–Crippen MR) is 78.1 cm³/mol. The Morgan fingerprint density at radius 2 is 1.95 bits per heavy atom. The number of anilines is 2. The van der Waals surface area contributed by atoms with E-state index in [2.05, 4.69) is 10.2 Å². The van der Waals surface area contributed by atoms with E-state index in [4.69, 9.17) is 15.2 Å². The molecule has 3 N–H and O–H groups in total. The summed E-state index contributed by atoms with van der Waals surface area (Å²) in [4.78, 5) is 14.3. The molecule has 0 spiro atoms. The monoisotopic (exact) mass is 287 g/mol. The minimum absolute atomic E-state index is 0.160. The molecule has 0 aliphatic carbocycles. The van der Waals surface area contributed by atoms with E-state index in [0.29, 0.717) is 23.8 Å². The van der Waals surface area contributed by atoms with Gasteiger partial charge in [0, 0.05) is 34.4 Å². The first-order chi connectivity index (χ1) is 9.13. The van der Waals surface area contributed by atoms with Gasteiger partial charge in [-0.25, -0.2) is 0 Å². The number of carbonyl (C=O) groups excluding carboxylic acids is 1. The van der Waals surface area contributed by atoms with Gasteiger partial charge in [0.15, 0.2) is 0 Å². The van der Waals surface area contributed by atoms with Crippen LogP contribution in [0.25, 0.3) is 0 Å². The van der Waals surface area contributed by atoms with Gasteiger partial charge in [0.05, 0.1) is 23.9 Å². The maximum atomic E-state index is 11.6. The predicted octanol–water partition coefficient (Wildman–Crippen LogP) is 0.789. The van der Waals surface area contributed by atoms with Gasteiger partial charge in [0.25, 0.3) is 5.91 Å². The number of thiophene rings is 1. The molecular formula is C12H21N3O3S. The van der Waals surface area contributed by atoms with E-state index in [1.54, 1.807) is 21.3 Å². The lowest BCUT2D eigenvalue weighted by Gasteiger charge is -2.22. The van der Waals surface area contributed by atoms with Crippen molar-refractivity contribution in [3.05, 3.63) is 10.9 Å². The topological polar surface area (TPSA) is 76.8 Å². The Morgan fingerprint density at radius 3 is 2.42 bits per heavy atom. The van der Waals surface area contributed by atoms with Gasteiger partial charge in [-0.3, -0.25) is 4.79 Å². The van der Waals surface area contributed by atoms with E-state index in [1.807, 2.05) is 6.07 Å². The number of nitrogens with zero attached hydrogens (tertiary/aromatic N) is 1. The number of hydrogen-bond donors (Lipinski definition) is 2. The lowest BCUT2D eigenvalue weighted by atomic mass is 10.3. The van der Waals surface area contributed by atoms with Crippen LogP contribution >= 0.6 is 11.3 Å². The van der Waals surface area contributed by atoms with Gasteiger partial charge in [0.1, 0.15) is 4.88 Å². The van der Waals surface area contributed by atoms with Gasteiger partial charge in [-0.15, -0.1) is 11.3 Å². The van der Waals surface area contributed by atoms with Gasteiger partial charge in [-0.05, 0) is 6.07 Å². The van der Waals surface area contributed by atoms with E-state index in [0.717, 1.165) is 18.1 Å². The fraction of sp³-hybridized carbons (Fsp3) is 0.583. The molecule has 0 radical (unpaired) electrons. The largest absolute Gasteiger partial charge is 0.397 e. The van der Waals surface area contributed by atoms with Crippen LogP contribution in [0, 0.1) is 0 Å². The highest BCUT2D eigenvalue weighted by molar-refractivity contribution is 7.18. The number of nitrogens with one attached hydrogen (secondary N) is 1. The Bertz CT molecular complexity index is 401. The van der Waals surface area contributed by atoms with Crippen molar-refractivity contribution in [3.63, 3.8) is 0 Å². The molecule has 0 saturated carbocycles. The molecule has 1 amide bonds. The molecular weight excluding hydrogens is 266 g/mol. The van der Waals surface area contributed by atoms with Crippen molar-refractivity contribution in [1.29, 1.82) is 0 Å². The number of nitrogens with two attached hydrogens (primary N) is 1. The van der Waals surface area contributed by atoms with Crippen molar-refractivity contribution in [2.75, 3.05) is 58.2 Å². The molecule has 0 aliphatic heterocycles. The Balaban J connectivity index is 2.85. The first kappa shape index (κ1) is 15.7. The Labute approximate surface area is 117 Å². The summed E-state index contributed by atoms with van der Waals surface area (Å²) in [5.41, 5.74) is 6.37. The summed E-state index contributed by atoms with van der Waals surface area (Å²) in [6.07, 6.45) is 0. The van der Waals surface area contributed by atoms with E-state index in [9.17, 15) is 4.79 Å². The minimum Gasteiger partial charge on any atom is -0.397 e. The molecule has 0 aromatic carbocycles. The van der Waals surface area contributed by atoms with Gasteiger partial charge in [-0.1, -0.05) is 0 Å². The number of ether oxygens (including phenoxy) is 2. The van der Waals surface area contributed by atoms with Crippen LogP contribution in [0.1, 0.15) is 9.67 Å². The summed E-state index contributed by atoms with van der Waals surface area (Å²) >= 11 is 1.38. The van der Waals surface area contributed by atoms with E-state index < -0.39 is 0 Å². The third-order valence-electron chi connectivity index (χ3n) is 2.62. The third-order valence-corrected chi connectivity index (χ3v) is 3.83. The number of carbonyl (C=O) groups is 1. The summed E-state index contributed by atoms with van der Waals surface area (Å²) in [5, 5.41) is 3.53. The maximum Gasteiger partial charge on any atom is 0.263 e. The highest BCUT2D eigenvalue weighted by Gasteiger charge is 2.16. The Kier molecular flexibility index (Phi) is 6.61. The Hall–Kier alpha value is -1.31. The molecule has 6 nitrogen and oxygen atoms in total. The second kappa shape index (κ2) is 7.98. The van der Waals surface area contributed by atoms with Crippen LogP contribution in [-0.2, 0) is 9.47 Å². The summed E-state index contributed by atoms with van der Waals surface area (Å²) in [6.45, 7) is 2.67. The molecule has 0 atom stereocenters. The summed E-state index contributed by atoms with van der Waals surface area (Å²) in [5.74, 6) is -0.160. The van der Waals surface area contributed by atoms with Crippen LogP contribution in [0.5, 0.6) is 0 Å². The van der Waals surface area contributed by atoms with Gasteiger partial charge in [0.2, 0.25) is 0 Å². The molecule has 108 valence electrons. The van der Waals surface area contributed by atoms with Crippen LogP contribution in [-0.4, -0.2) is 53.5 Å². The second-order valence-electron chi connectivity index (χ2n) is 3.92. The van der Waals surface area contributed by atoms with E-state index in [1.165, 1.54) is 11.3 Å². The second-order valence-corrected chi connectivity index (χ2v) is 4.95. The lowest BCUT2D eigenvalue weighted by molar-refractivity contribution is 0.0968. The SMILES string of the molecule is CNC(=O)c1sc(N(CCOC)CCOC)cc1N. The number of methoxy groups -OCH3 is 2.